The molecule has 1 aromatic heterocycles. The van der Waals surface area contributed by atoms with E-state index in [1.54, 1.807) is 13.3 Å². The van der Waals surface area contributed by atoms with Crippen LogP contribution in [0.2, 0.25) is 0 Å². The molecule has 2 aromatic rings. The molecule has 0 aliphatic carbocycles. The molecule has 0 saturated heterocycles. The number of ether oxygens (including phenoxy) is 1. The van der Waals surface area contributed by atoms with Crippen LogP contribution >= 0.6 is 0 Å². The van der Waals surface area contributed by atoms with Crippen LogP contribution in [-0.2, 0) is 0 Å². The van der Waals surface area contributed by atoms with Gasteiger partial charge in [0.25, 0.3) is 0 Å². The highest BCUT2D eigenvalue weighted by atomic mass is 16.5. The summed E-state index contributed by atoms with van der Waals surface area (Å²) in [4.78, 5) is 4.35. The number of fused-ring (bicyclic) bond motifs is 1. The van der Waals surface area contributed by atoms with E-state index in [2.05, 4.69) is 10.3 Å². The molecule has 0 unspecified atom stereocenters. The number of aromatic nitrogens is 1. The van der Waals surface area contributed by atoms with Gasteiger partial charge in [0.15, 0.2) is 0 Å². The van der Waals surface area contributed by atoms with Crippen LogP contribution in [-0.4, -0.2) is 19.1 Å². The Balaban J connectivity index is 2.93. The van der Waals surface area contributed by atoms with E-state index in [1.165, 1.54) is 0 Å². The van der Waals surface area contributed by atoms with Crippen molar-refractivity contribution in [2.45, 2.75) is 6.92 Å². The number of anilines is 2. The molecule has 2 rings (SSSR count). The minimum Gasteiger partial charge on any atom is -0.496 e. The Bertz CT molecular complexity index is 537. The second-order valence-corrected chi connectivity index (χ2v) is 3.65. The molecule has 0 atom stereocenters. The molecule has 0 amide bonds. The summed E-state index contributed by atoms with van der Waals surface area (Å²) in [7, 11) is 3.49. The van der Waals surface area contributed by atoms with Gasteiger partial charge >= 0.3 is 0 Å². The zero-order chi connectivity index (χ0) is 11.7. The second-order valence-electron chi connectivity index (χ2n) is 3.65. The van der Waals surface area contributed by atoms with Crippen LogP contribution in [0.1, 0.15) is 5.56 Å². The third-order valence-electron chi connectivity index (χ3n) is 2.68. The molecule has 0 bridgehead atoms. The average molecular weight is 217 g/mol. The van der Waals surface area contributed by atoms with Crippen molar-refractivity contribution >= 4 is 22.3 Å². The highest BCUT2D eigenvalue weighted by Crippen LogP contribution is 2.36. The van der Waals surface area contributed by atoms with Crippen molar-refractivity contribution in [3.8, 4) is 5.75 Å². The van der Waals surface area contributed by atoms with Crippen LogP contribution in [0.4, 0.5) is 11.4 Å². The molecule has 16 heavy (non-hydrogen) atoms. The largest absolute Gasteiger partial charge is 0.496 e. The molecule has 3 N–H and O–H groups in total. The summed E-state index contributed by atoms with van der Waals surface area (Å²) in [6, 6.07) is 3.92. The van der Waals surface area contributed by atoms with Crippen molar-refractivity contribution < 1.29 is 4.74 Å². The van der Waals surface area contributed by atoms with Crippen molar-refractivity contribution in [1.82, 2.24) is 4.98 Å². The topological polar surface area (TPSA) is 60.2 Å². The normalized spacial score (nSPS) is 10.4. The van der Waals surface area contributed by atoms with Gasteiger partial charge in [-0.2, -0.15) is 0 Å². The van der Waals surface area contributed by atoms with Crippen molar-refractivity contribution in [3.05, 3.63) is 23.9 Å². The van der Waals surface area contributed by atoms with E-state index in [1.807, 2.05) is 26.1 Å². The highest BCUT2D eigenvalue weighted by molar-refractivity contribution is 6.02. The Hall–Kier alpha value is -1.97. The van der Waals surface area contributed by atoms with Gasteiger partial charge < -0.3 is 15.8 Å². The third kappa shape index (κ3) is 1.43. The molecule has 4 nitrogen and oxygen atoms in total. The predicted molar refractivity (Wildman–Crippen MR) is 67.0 cm³/mol. The van der Waals surface area contributed by atoms with Crippen LogP contribution in [0.3, 0.4) is 0 Å². The van der Waals surface area contributed by atoms with E-state index in [9.17, 15) is 0 Å². The Labute approximate surface area is 94.4 Å². The van der Waals surface area contributed by atoms with Gasteiger partial charge in [-0.15, -0.1) is 0 Å². The minimum atomic E-state index is 0.624. The van der Waals surface area contributed by atoms with Crippen LogP contribution in [0.5, 0.6) is 5.75 Å². The molecular weight excluding hydrogens is 202 g/mol. The Morgan fingerprint density at radius 3 is 2.75 bits per heavy atom. The predicted octanol–water partition coefficient (Wildman–Crippen LogP) is 2.18. The van der Waals surface area contributed by atoms with Gasteiger partial charge in [0.2, 0.25) is 0 Å². The fraction of sp³-hybridized carbons (Fsp3) is 0.250. The van der Waals surface area contributed by atoms with Gasteiger partial charge in [-0.3, -0.25) is 4.98 Å². The second kappa shape index (κ2) is 3.89. The Morgan fingerprint density at radius 1 is 1.38 bits per heavy atom. The lowest BCUT2D eigenvalue weighted by Crippen LogP contribution is -2.00. The van der Waals surface area contributed by atoms with E-state index in [0.29, 0.717) is 5.69 Å². The van der Waals surface area contributed by atoms with E-state index >= 15 is 0 Å². The van der Waals surface area contributed by atoms with E-state index in [4.69, 9.17) is 10.5 Å². The van der Waals surface area contributed by atoms with Crippen molar-refractivity contribution in [2.75, 3.05) is 25.2 Å². The first-order valence-corrected chi connectivity index (χ1v) is 5.08. The molecule has 1 aromatic carbocycles. The minimum absolute atomic E-state index is 0.624. The Kier molecular flexibility index (Phi) is 2.56. The molecule has 0 saturated carbocycles. The van der Waals surface area contributed by atoms with Crippen LogP contribution in [0.25, 0.3) is 10.9 Å². The number of methoxy groups -OCH3 is 1. The zero-order valence-corrected chi connectivity index (χ0v) is 9.66. The molecule has 0 radical (unpaired) electrons. The van der Waals surface area contributed by atoms with Crippen LogP contribution < -0.4 is 15.8 Å². The van der Waals surface area contributed by atoms with Gasteiger partial charge in [0.05, 0.1) is 35.6 Å². The number of nitrogens with zero attached hydrogens (tertiary/aromatic N) is 1. The summed E-state index contributed by atoms with van der Waals surface area (Å²) < 4.78 is 5.34. The standard InChI is InChI=1S/C12H15N3O/c1-7-4-5-9(16-3)10-11(7)15-6-8(13)12(10)14-2/h4-6H,13H2,1-3H3,(H,14,15). The summed E-state index contributed by atoms with van der Waals surface area (Å²) in [6.45, 7) is 2.02. The average Bonchev–Trinajstić information content (AvgIpc) is 2.29. The Morgan fingerprint density at radius 2 is 2.12 bits per heavy atom. The maximum atomic E-state index is 5.89. The summed E-state index contributed by atoms with van der Waals surface area (Å²) in [6.07, 6.45) is 1.67. The van der Waals surface area contributed by atoms with E-state index in [-0.39, 0.29) is 0 Å². The van der Waals surface area contributed by atoms with Crippen LogP contribution in [0.15, 0.2) is 18.3 Å². The number of hydrogen-bond acceptors (Lipinski definition) is 4. The number of nitrogens with one attached hydrogen (secondary N) is 1. The molecule has 0 aliphatic rings. The lowest BCUT2D eigenvalue weighted by atomic mass is 10.1. The van der Waals surface area contributed by atoms with E-state index < -0.39 is 0 Å². The first-order chi connectivity index (χ1) is 7.69. The third-order valence-corrected chi connectivity index (χ3v) is 2.68. The maximum Gasteiger partial charge on any atom is 0.130 e. The van der Waals surface area contributed by atoms with Gasteiger partial charge in [-0.1, -0.05) is 6.07 Å². The van der Waals surface area contributed by atoms with Crippen molar-refractivity contribution in [2.24, 2.45) is 0 Å². The van der Waals surface area contributed by atoms with E-state index in [0.717, 1.165) is 27.9 Å². The number of nitrogen functional groups attached to an aromatic ring is 1. The van der Waals surface area contributed by atoms with Crippen molar-refractivity contribution in [3.63, 3.8) is 0 Å². The maximum absolute atomic E-state index is 5.89. The number of rotatable bonds is 2. The first-order valence-electron chi connectivity index (χ1n) is 5.08. The molecule has 0 aliphatic heterocycles. The summed E-state index contributed by atoms with van der Waals surface area (Å²) >= 11 is 0. The molecule has 1 heterocycles. The smallest absolute Gasteiger partial charge is 0.130 e. The number of aryl methyl sites for hydroxylation is 1. The number of hydrogen-bond donors (Lipinski definition) is 2. The summed E-state index contributed by atoms with van der Waals surface area (Å²) in [5.41, 5.74) is 9.40. The summed E-state index contributed by atoms with van der Waals surface area (Å²) in [5.74, 6) is 0.782. The quantitative estimate of drug-likeness (QED) is 0.809. The zero-order valence-electron chi connectivity index (χ0n) is 9.66. The van der Waals surface area contributed by atoms with Gasteiger partial charge in [-0.05, 0) is 18.6 Å². The van der Waals surface area contributed by atoms with Crippen molar-refractivity contribution in [1.29, 1.82) is 0 Å². The molecule has 0 fully saturated rings. The molecular formula is C12H15N3O. The number of pyridine rings is 1. The number of benzene rings is 1. The first kappa shape index (κ1) is 10.5. The fourth-order valence-electron chi connectivity index (χ4n) is 1.87. The fourth-order valence-corrected chi connectivity index (χ4v) is 1.87. The SMILES string of the molecule is CNc1c(N)cnc2c(C)ccc(OC)c12. The van der Waals surface area contributed by atoms with Gasteiger partial charge in [-0.25, -0.2) is 0 Å². The highest BCUT2D eigenvalue weighted by Gasteiger charge is 2.11. The lowest BCUT2D eigenvalue weighted by Gasteiger charge is -2.13. The van der Waals surface area contributed by atoms with Gasteiger partial charge in [0.1, 0.15) is 5.75 Å². The molecule has 4 heteroatoms. The monoisotopic (exact) mass is 217 g/mol. The summed E-state index contributed by atoms with van der Waals surface area (Å²) in [5, 5.41) is 4.03. The van der Waals surface area contributed by atoms with Gasteiger partial charge in [0, 0.05) is 7.05 Å². The van der Waals surface area contributed by atoms with Crippen LogP contribution in [0, 0.1) is 6.92 Å². The lowest BCUT2D eigenvalue weighted by molar-refractivity contribution is 0.420. The molecule has 84 valence electrons. The number of nitrogens with two attached hydrogens (primary N) is 1. The molecule has 0 spiro atoms.